The van der Waals surface area contributed by atoms with Crippen LogP contribution in [0.15, 0.2) is 30.3 Å². The fourth-order valence-corrected chi connectivity index (χ4v) is 1.23. The van der Waals surface area contributed by atoms with Gasteiger partial charge in [-0.1, -0.05) is 30.3 Å². The highest BCUT2D eigenvalue weighted by atomic mass is 16.4. The summed E-state index contributed by atoms with van der Waals surface area (Å²) in [5.41, 5.74) is -2.31. The molecular weight excluding hydrogens is 200 g/mol. The third-order valence-corrected chi connectivity index (χ3v) is 2.01. The van der Waals surface area contributed by atoms with Crippen LogP contribution in [0.1, 0.15) is 12.0 Å². The van der Waals surface area contributed by atoms with Crippen molar-refractivity contribution in [2.24, 2.45) is 0 Å². The van der Waals surface area contributed by atoms with Crippen LogP contribution >= 0.6 is 0 Å². The molecule has 3 N–H and O–H groups in total. The van der Waals surface area contributed by atoms with Gasteiger partial charge in [-0.3, -0.25) is 4.79 Å². The lowest BCUT2D eigenvalue weighted by Crippen LogP contribution is -2.37. The normalized spacial score (nSPS) is 14.2. The molecule has 1 aromatic rings. The molecule has 0 bridgehead atoms. The Morgan fingerprint density at radius 1 is 1.13 bits per heavy atom. The third-order valence-electron chi connectivity index (χ3n) is 2.01. The van der Waals surface area contributed by atoms with E-state index < -0.39 is 24.0 Å². The van der Waals surface area contributed by atoms with E-state index in [1.54, 1.807) is 6.07 Å². The van der Waals surface area contributed by atoms with Crippen molar-refractivity contribution in [1.82, 2.24) is 0 Å². The zero-order valence-corrected chi connectivity index (χ0v) is 7.75. The monoisotopic (exact) mass is 210 g/mol. The molecule has 0 aliphatic carbocycles. The molecule has 0 heterocycles. The molecule has 5 nitrogen and oxygen atoms in total. The van der Waals surface area contributed by atoms with Crippen LogP contribution in [0.3, 0.4) is 0 Å². The summed E-state index contributed by atoms with van der Waals surface area (Å²) in [6, 6.07) is 7.46. The molecule has 15 heavy (non-hydrogen) atoms. The standard InChI is InChI=1S/C10H10O5/c11-8(12)6-10(15,9(13)14)7-4-2-1-3-5-7/h1-5,15H,6H2,(H,11,12)(H,13,14). The van der Waals surface area contributed by atoms with Crippen molar-refractivity contribution < 1.29 is 24.9 Å². The molecule has 0 aliphatic heterocycles. The van der Waals surface area contributed by atoms with Crippen LogP contribution in [-0.2, 0) is 15.2 Å². The maximum atomic E-state index is 10.8. The van der Waals surface area contributed by atoms with Gasteiger partial charge < -0.3 is 15.3 Å². The summed E-state index contributed by atoms with van der Waals surface area (Å²) in [7, 11) is 0. The van der Waals surface area contributed by atoms with Gasteiger partial charge in [0, 0.05) is 0 Å². The quantitative estimate of drug-likeness (QED) is 0.670. The van der Waals surface area contributed by atoms with E-state index in [4.69, 9.17) is 10.2 Å². The van der Waals surface area contributed by atoms with Crippen molar-refractivity contribution in [3.05, 3.63) is 35.9 Å². The van der Waals surface area contributed by atoms with Gasteiger partial charge in [0.05, 0.1) is 6.42 Å². The van der Waals surface area contributed by atoms with Gasteiger partial charge in [0.15, 0.2) is 5.60 Å². The molecule has 0 spiro atoms. The predicted molar refractivity (Wildman–Crippen MR) is 50.2 cm³/mol. The second kappa shape index (κ2) is 4.10. The molecule has 1 unspecified atom stereocenters. The Labute approximate surface area is 85.6 Å². The largest absolute Gasteiger partial charge is 0.481 e. The maximum absolute atomic E-state index is 10.8. The van der Waals surface area contributed by atoms with Crippen LogP contribution in [-0.4, -0.2) is 27.3 Å². The lowest BCUT2D eigenvalue weighted by Gasteiger charge is -2.21. The van der Waals surface area contributed by atoms with Gasteiger partial charge in [-0.2, -0.15) is 0 Å². The Morgan fingerprint density at radius 2 is 1.67 bits per heavy atom. The number of aliphatic hydroxyl groups is 1. The molecule has 0 amide bonds. The molecule has 1 aromatic carbocycles. The number of benzene rings is 1. The molecule has 80 valence electrons. The summed E-state index contributed by atoms with van der Waals surface area (Å²) in [5.74, 6) is -2.94. The first-order valence-corrected chi connectivity index (χ1v) is 4.20. The third kappa shape index (κ3) is 2.32. The van der Waals surface area contributed by atoms with Crippen LogP contribution in [0.2, 0.25) is 0 Å². The van der Waals surface area contributed by atoms with E-state index in [0.717, 1.165) is 0 Å². The molecule has 0 fully saturated rings. The first-order chi connectivity index (χ1) is 6.97. The van der Waals surface area contributed by atoms with Crippen molar-refractivity contribution in [2.45, 2.75) is 12.0 Å². The number of carboxylic acids is 2. The fraction of sp³-hybridized carbons (Fsp3) is 0.200. The average molecular weight is 210 g/mol. The van der Waals surface area contributed by atoms with Crippen molar-refractivity contribution in [3.63, 3.8) is 0 Å². The van der Waals surface area contributed by atoms with Crippen molar-refractivity contribution in [3.8, 4) is 0 Å². The minimum absolute atomic E-state index is 0.0555. The first kappa shape index (κ1) is 11.2. The average Bonchev–Trinajstić information content (AvgIpc) is 2.17. The highest BCUT2D eigenvalue weighted by Crippen LogP contribution is 2.25. The number of hydrogen-bond acceptors (Lipinski definition) is 3. The number of carboxylic acid groups (broad SMARTS) is 2. The smallest absolute Gasteiger partial charge is 0.341 e. The van der Waals surface area contributed by atoms with E-state index in [2.05, 4.69) is 0 Å². The zero-order valence-electron chi connectivity index (χ0n) is 7.75. The lowest BCUT2D eigenvalue weighted by atomic mass is 9.91. The van der Waals surface area contributed by atoms with Gasteiger partial charge in [-0.15, -0.1) is 0 Å². The summed E-state index contributed by atoms with van der Waals surface area (Å²) < 4.78 is 0. The summed E-state index contributed by atoms with van der Waals surface area (Å²) in [5, 5.41) is 27.1. The topological polar surface area (TPSA) is 94.8 Å². The van der Waals surface area contributed by atoms with Crippen molar-refractivity contribution >= 4 is 11.9 Å². The summed E-state index contributed by atoms with van der Waals surface area (Å²) in [6.45, 7) is 0. The van der Waals surface area contributed by atoms with Crippen LogP contribution in [0.5, 0.6) is 0 Å². The second-order valence-corrected chi connectivity index (χ2v) is 3.10. The van der Waals surface area contributed by atoms with E-state index in [-0.39, 0.29) is 5.56 Å². The number of aliphatic carboxylic acids is 2. The van der Waals surface area contributed by atoms with Crippen molar-refractivity contribution in [1.29, 1.82) is 0 Å². The molecule has 0 radical (unpaired) electrons. The number of hydrogen-bond donors (Lipinski definition) is 3. The molecule has 1 atom stereocenters. The van der Waals surface area contributed by atoms with E-state index >= 15 is 0 Å². The Morgan fingerprint density at radius 3 is 2.07 bits per heavy atom. The molecule has 1 rings (SSSR count). The van der Waals surface area contributed by atoms with Crippen LogP contribution in [0, 0.1) is 0 Å². The first-order valence-electron chi connectivity index (χ1n) is 4.20. The van der Waals surface area contributed by atoms with Crippen LogP contribution in [0.25, 0.3) is 0 Å². The highest BCUT2D eigenvalue weighted by molar-refractivity contribution is 5.85. The van der Waals surface area contributed by atoms with Gasteiger partial charge in [-0.05, 0) is 5.56 Å². The number of carbonyl (C=O) groups is 2. The van der Waals surface area contributed by atoms with Gasteiger partial charge in [0.2, 0.25) is 0 Å². The molecule has 0 aliphatic rings. The Kier molecular flexibility index (Phi) is 3.06. The fourth-order valence-electron chi connectivity index (χ4n) is 1.23. The van der Waals surface area contributed by atoms with Gasteiger partial charge in [-0.25, -0.2) is 4.79 Å². The van der Waals surface area contributed by atoms with E-state index in [1.807, 2.05) is 0 Å². The predicted octanol–water partition coefficient (Wildman–Crippen LogP) is 0.433. The molecule has 0 saturated carbocycles. The second-order valence-electron chi connectivity index (χ2n) is 3.10. The van der Waals surface area contributed by atoms with E-state index in [1.165, 1.54) is 24.3 Å². The minimum atomic E-state index is -2.37. The van der Waals surface area contributed by atoms with Gasteiger partial charge >= 0.3 is 11.9 Å². The molecule has 5 heteroatoms. The summed E-state index contributed by atoms with van der Waals surface area (Å²) >= 11 is 0. The van der Waals surface area contributed by atoms with Gasteiger partial charge in [0.25, 0.3) is 0 Å². The van der Waals surface area contributed by atoms with E-state index in [0.29, 0.717) is 0 Å². The minimum Gasteiger partial charge on any atom is -0.481 e. The summed E-state index contributed by atoms with van der Waals surface area (Å²) in [4.78, 5) is 21.3. The molecule has 0 saturated heterocycles. The van der Waals surface area contributed by atoms with E-state index in [9.17, 15) is 14.7 Å². The lowest BCUT2D eigenvalue weighted by molar-refractivity contribution is -0.166. The van der Waals surface area contributed by atoms with Crippen LogP contribution in [0.4, 0.5) is 0 Å². The van der Waals surface area contributed by atoms with Crippen molar-refractivity contribution in [2.75, 3.05) is 0 Å². The Balaban J connectivity index is 3.13. The molecular formula is C10H10O5. The zero-order chi connectivity index (χ0) is 11.5. The summed E-state index contributed by atoms with van der Waals surface area (Å²) in [6.07, 6.45) is -0.869. The number of rotatable bonds is 4. The Hall–Kier alpha value is -1.88. The maximum Gasteiger partial charge on any atom is 0.341 e. The molecule has 0 aromatic heterocycles. The highest BCUT2D eigenvalue weighted by Gasteiger charge is 2.40. The SMILES string of the molecule is O=C(O)CC(O)(C(=O)O)c1ccccc1. The van der Waals surface area contributed by atoms with Crippen LogP contribution < -0.4 is 0 Å². The Bertz CT molecular complexity index is 373. The van der Waals surface area contributed by atoms with Gasteiger partial charge in [0.1, 0.15) is 0 Å².